The molecule has 0 aliphatic heterocycles. The zero-order chi connectivity index (χ0) is 42.2. The van der Waals surface area contributed by atoms with E-state index in [1.54, 1.807) is 0 Å². The Kier molecular flexibility index (Phi) is 37.4. The molecule has 0 aliphatic rings. The first-order valence-corrected chi connectivity index (χ1v) is 21.2. The molecular formula is C41H75N5O11. The lowest BCUT2D eigenvalue weighted by molar-refractivity contribution is -0.142. The Balaban J connectivity index is 3.66. The van der Waals surface area contributed by atoms with Gasteiger partial charge in [0.15, 0.2) is 0 Å². The number of ketones is 1. The minimum Gasteiger partial charge on any atom is -0.480 e. The average Bonchev–Trinajstić information content (AvgIpc) is 3.19. The molecule has 0 saturated heterocycles. The number of unbranched alkanes of at least 4 members (excludes halogenated alkanes) is 13. The van der Waals surface area contributed by atoms with Crippen molar-refractivity contribution in [1.82, 2.24) is 21.3 Å². The molecule has 0 spiro atoms. The van der Waals surface area contributed by atoms with Gasteiger partial charge in [-0.2, -0.15) is 0 Å². The fraction of sp³-hybridized carbons (Fsp3) is 0.829. The number of carbonyl (C=O) groups is 6. The number of hydrogen-bond donors (Lipinski definition) is 6. The smallest absolute Gasteiger partial charge is 0.326 e. The Bertz CT molecular complexity index is 1070. The molecule has 4 amide bonds. The number of carboxylic acid groups (broad SMARTS) is 1. The molecule has 16 heteroatoms. The van der Waals surface area contributed by atoms with Crippen LogP contribution in [0.5, 0.6) is 0 Å². The number of amides is 4. The van der Waals surface area contributed by atoms with Crippen LogP contribution >= 0.6 is 0 Å². The van der Waals surface area contributed by atoms with Gasteiger partial charge in [0, 0.05) is 38.4 Å². The lowest BCUT2D eigenvalue weighted by Gasteiger charge is -2.14. The number of nitrogens with two attached hydrogens (primary N) is 1. The van der Waals surface area contributed by atoms with Crippen molar-refractivity contribution < 1.29 is 52.8 Å². The van der Waals surface area contributed by atoms with Gasteiger partial charge in [0.2, 0.25) is 23.6 Å². The molecule has 0 aromatic rings. The van der Waals surface area contributed by atoms with E-state index in [-0.39, 0.29) is 121 Å². The second-order valence-corrected chi connectivity index (χ2v) is 14.1. The summed E-state index contributed by atoms with van der Waals surface area (Å²) in [4.78, 5) is 71.1. The number of nitrogens with one attached hydrogen (secondary N) is 4. The minimum absolute atomic E-state index is 0.00962. The van der Waals surface area contributed by atoms with Gasteiger partial charge < -0.3 is 51.1 Å². The quantitative estimate of drug-likeness (QED) is 0.0488. The maximum absolute atomic E-state index is 12.3. The monoisotopic (exact) mass is 814 g/mol. The number of carboxylic acids is 1. The SMILES string of the molecule is [CH][C@@H](CCCCNC(=O)COCCOCCNC(=O)COCCOCCNC(=O)CCC(NC(=O)CCCCCCCCCCCCCCC)C(=O)O)C(=O)CN. The number of carbonyl (C=O) groups excluding carboxylic acids is 5. The largest absolute Gasteiger partial charge is 0.480 e. The fourth-order valence-corrected chi connectivity index (χ4v) is 5.62. The molecule has 1 unspecified atom stereocenters. The summed E-state index contributed by atoms with van der Waals surface area (Å²) in [5, 5.41) is 20.1. The van der Waals surface area contributed by atoms with Crippen LogP contribution < -0.4 is 27.0 Å². The van der Waals surface area contributed by atoms with Gasteiger partial charge >= 0.3 is 5.97 Å². The average molecular weight is 814 g/mol. The molecule has 330 valence electrons. The molecule has 0 heterocycles. The zero-order valence-corrected chi connectivity index (χ0v) is 34.8. The van der Waals surface area contributed by atoms with Crippen molar-refractivity contribution in [2.24, 2.45) is 11.7 Å². The third kappa shape index (κ3) is 36.9. The minimum atomic E-state index is -1.17. The molecule has 0 saturated carbocycles. The predicted octanol–water partition coefficient (Wildman–Crippen LogP) is 3.26. The van der Waals surface area contributed by atoms with Gasteiger partial charge in [-0.15, -0.1) is 0 Å². The maximum atomic E-state index is 12.3. The molecule has 0 aromatic heterocycles. The van der Waals surface area contributed by atoms with Crippen molar-refractivity contribution in [3.8, 4) is 0 Å². The van der Waals surface area contributed by atoms with Crippen molar-refractivity contribution in [2.45, 2.75) is 135 Å². The van der Waals surface area contributed by atoms with Crippen molar-refractivity contribution in [2.75, 3.05) is 79.0 Å². The van der Waals surface area contributed by atoms with Crippen LogP contribution in [0.4, 0.5) is 0 Å². The first-order valence-electron chi connectivity index (χ1n) is 21.2. The second-order valence-electron chi connectivity index (χ2n) is 14.1. The van der Waals surface area contributed by atoms with Crippen LogP contribution in [0.2, 0.25) is 0 Å². The van der Waals surface area contributed by atoms with Crippen LogP contribution in [0.15, 0.2) is 0 Å². The summed E-state index contributed by atoms with van der Waals surface area (Å²) in [6, 6.07) is -1.12. The highest BCUT2D eigenvalue weighted by Gasteiger charge is 2.21. The third-order valence-corrected chi connectivity index (χ3v) is 9.03. The zero-order valence-electron chi connectivity index (χ0n) is 34.8. The van der Waals surface area contributed by atoms with Crippen LogP contribution in [0.25, 0.3) is 0 Å². The van der Waals surface area contributed by atoms with E-state index in [4.69, 9.17) is 31.6 Å². The standard InChI is InChI=1S/C41H75N5O11/c1-3-4-5-6-7-8-9-10-11-12-13-14-15-19-38(49)46-35(41(52)53)20-21-37(48)44-23-25-54-27-30-57-33-40(51)45-24-26-55-28-29-56-32-39(50)43-22-17-16-18-34(2)36(47)31-42/h2,34-35H,3-33,42H2,1H3,(H,43,50)(H,44,48)(H,45,51)(H,46,49)(H,52,53)/t34-,35?/m0/s1. The first kappa shape index (κ1) is 53.8. The van der Waals surface area contributed by atoms with Gasteiger partial charge in [0.1, 0.15) is 25.0 Å². The molecule has 7 N–H and O–H groups in total. The van der Waals surface area contributed by atoms with E-state index in [9.17, 15) is 33.9 Å². The highest BCUT2D eigenvalue weighted by molar-refractivity contribution is 5.84. The summed E-state index contributed by atoms with van der Waals surface area (Å²) in [6.07, 6.45) is 17.8. The van der Waals surface area contributed by atoms with Crippen LogP contribution in [-0.4, -0.2) is 126 Å². The predicted molar refractivity (Wildman–Crippen MR) is 217 cm³/mol. The number of rotatable bonds is 42. The summed E-state index contributed by atoms with van der Waals surface area (Å²) >= 11 is 0. The molecule has 2 radical (unpaired) electrons. The van der Waals surface area contributed by atoms with E-state index in [1.807, 2.05) is 0 Å². The Morgan fingerprint density at radius 2 is 1.02 bits per heavy atom. The summed E-state index contributed by atoms with van der Waals surface area (Å²) < 4.78 is 21.3. The Morgan fingerprint density at radius 1 is 0.544 bits per heavy atom. The molecule has 0 fully saturated rings. The van der Waals surface area contributed by atoms with Gasteiger partial charge in [-0.3, -0.25) is 24.0 Å². The van der Waals surface area contributed by atoms with Crippen molar-refractivity contribution in [1.29, 1.82) is 0 Å². The Labute approximate surface area is 341 Å². The van der Waals surface area contributed by atoms with Gasteiger partial charge in [0.25, 0.3) is 0 Å². The van der Waals surface area contributed by atoms with Crippen LogP contribution in [0.3, 0.4) is 0 Å². The van der Waals surface area contributed by atoms with Crippen LogP contribution in [0, 0.1) is 12.8 Å². The lowest BCUT2D eigenvalue weighted by Crippen LogP contribution is -2.41. The number of hydrogen-bond acceptors (Lipinski definition) is 11. The van der Waals surface area contributed by atoms with Gasteiger partial charge in [-0.05, 0) is 32.6 Å². The first-order chi connectivity index (χ1) is 27.6. The van der Waals surface area contributed by atoms with E-state index in [0.717, 1.165) is 25.7 Å². The maximum Gasteiger partial charge on any atom is 0.326 e. The van der Waals surface area contributed by atoms with Gasteiger partial charge in [-0.25, -0.2) is 4.79 Å². The molecule has 0 bridgehead atoms. The molecule has 57 heavy (non-hydrogen) atoms. The van der Waals surface area contributed by atoms with Crippen LogP contribution in [-0.2, 0) is 47.7 Å². The Hall–Kier alpha value is -3.18. The van der Waals surface area contributed by atoms with Gasteiger partial charge in [0.05, 0.1) is 46.2 Å². The summed E-state index contributed by atoms with van der Waals surface area (Å²) in [7, 11) is 0. The summed E-state index contributed by atoms with van der Waals surface area (Å²) in [6.45, 7) is 9.89. The molecule has 0 rings (SSSR count). The van der Waals surface area contributed by atoms with Crippen molar-refractivity contribution in [3.05, 3.63) is 6.92 Å². The van der Waals surface area contributed by atoms with E-state index >= 15 is 0 Å². The number of Topliss-reactive ketones (excluding diaryl/α,β-unsaturated/α-hetero) is 1. The van der Waals surface area contributed by atoms with Gasteiger partial charge in [-0.1, -0.05) is 90.4 Å². The van der Waals surface area contributed by atoms with Crippen LogP contribution in [0.1, 0.15) is 129 Å². The number of aliphatic carboxylic acids is 1. The molecule has 16 nitrogen and oxygen atoms in total. The normalized spacial score (nSPS) is 12.1. The lowest BCUT2D eigenvalue weighted by atomic mass is 9.99. The van der Waals surface area contributed by atoms with E-state index in [0.29, 0.717) is 25.8 Å². The van der Waals surface area contributed by atoms with E-state index < -0.39 is 17.9 Å². The van der Waals surface area contributed by atoms with Crippen molar-refractivity contribution >= 4 is 35.4 Å². The molecular weight excluding hydrogens is 738 g/mol. The topological polar surface area (TPSA) is 234 Å². The third-order valence-electron chi connectivity index (χ3n) is 9.03. The highest BCUT2D eigenvalue weighted by atomic mass is 16.5. The van der Waals surface area contributed by atoms with E-state index in [2.05, 4.69) is 28.2 Å². The molecule has 0 aliphatic carbocycles. The Morgan fingerprint density at radius 3 is 1.53 bits per heavy atom. The summed E-state index contributed by atoms with van der Waals surface area (Å²) in [5.74, 6) is -3.12. The van der Waals surface area contributed by atoms with E-state index in [1.165, 1.54) is 57.8 Å². The highest BCUT2D eigenvalue weighted by Crippen LogP contribution is 2.13. The fourth-order valence-electron chi connectivity index (χ4n) is 5.62. The molecule has 2 atom stereocenters. The van der Waals surface area contributed by atoms with Crippen molar-refractivity contribution in [3.63, 3.8) is 0 Å². The molecule has 0 aromatic carbocycles. The second kappa shape index (κ2) is 39.6. The summed E-state index contributed by atoms with van der Waals surface area (Å²) in [5.41, 5.74) is 5.27. The number of ether oxygens (including phenoxy) is 4.